The first kappa shape index (κ1) is 21.1. The molecule has 1 amide bonds. The fourth-order valence-electron chi connectivity index (χ4n) is 3.20. The van der Waals surface area contributed by atoms with Gasteiger partial charge >= 0.3 is 11.9 Å². The van der Waals surface area contributed by atoms with Crippen LogP contribution in [0.5, 0.6) is 0 Å². The van der Waals surface area contributed by atoms with Gasteiger partial charge in [0.15, 0.2) is 0 Å². The Morgan fingerprint density at radius 1 is 1.06 bits per heavy atom. The van der Waals surface area contributed by atoms with Crippen LogP contribution in [0.3, 0.4) is 0 Å². The number of hydrogen-bond acceptors (Lipinski definition) is 5. The number of hydrogen-bond donors (Lipinski definition) is 2. The quantitative estimate of drug-likeness (QED) is 0.538. The van der Waals surface area contributed by atoms with E-state index in [0.717, 1.165) is 5.01 Å². The van der Waals surface area contributed by atoms with Crippen molar-refractivity contribution in [1.82, 2.24) is 0 Å². The van der Waals surface area contributed by atoms with E-state index in [1.165, 1.54) is 36.4 Å². The van der Waals surface area contributed by atoms with Crippen LogP contribution in [0.1, 0.15) is 33.4 Å². The lowest BCUT2D eigenvalue weighted by molar-refractivity contribution is -0.114. The van der Waals surface area contributed by atoms with Crippen LogP contribution in [0.2, 0.25) is 5.02 Å². The molecule has 0 saturated carbocycles. The predicted molar refractivity (Wildman–Crippen MR) is 118 cm³/mol. The Morgan fingerprint density at radius 2 is 1.84 bits per heavy atom. The zero-order chi connectivity index (χ0) is 23.0. The van der Waals surface area contributed by atoms with Gasteiger partial charge in [0.1, 0.15) is 11.5 Å². The fourth-order valence-corrected chi connectivity index (χ4v) is 3.40. The smallest absolute Gasteiger partial charge is 0.337 e. The number of benzene rings is 2. The highest BCUT2D eigenvalue weighted by molar-refractivity contribution is 6.33. The summed E-state index contributed by atoms with van der Waals surface area (Å²) in [4.78, 5) is 35.4. The second kappa shape index (κ2) is 8.16. The Labute approximate surface area is 186 Å². The number of carbonyl (C=O) groups is 3. The van der Waals surface area contributed by atoms with Gasteiger partial charge in [-0.2, -0.15) is 10.1 Å². The van der Waals surface area contributed by atoms with Gasteiger partial charge in [-0.05, 0) is 61.5 Å². The summed E-state index contributed by atoms with van der Waals surface area (Å²) in [6, 6.07) is 13.7. The lowest BCUT2D eigenvalue weighted by atomic mass is 10.1. The van der Waals surface area contributed by atoms with Crippen LogP contribution in [0.15, 0.2) is 69.7 Å². The summed E-state index contributed by atoms with van der Waals surface area (Å²) in [5, 5.41) is 23.9. The molecule has 32 heavy (non-hydrogen) atoms. The van der Waals surface area contributed by atoms with Crippen molar-refractivity contribution in [3.05, 3.63) is 82.1 Å². The van der Waals surface area contributed by atoms with Crippen LogP contribution >= 0.6 is 11.6 Å². The van der Waals surface area contributed by atoms with Gasteiger partial charge in [0, 0.05) is 5.56 Å². The number of halogens is 1. The highest BCUT2D eigenvalue weighted by atomic mass is 35.5. The van der Waals surface area contributed by atoms with Crippen molar-refractivity contribution < 1.29 is 29.0 Å². The van der Waals surface area contributed by atoms with E-state index in [9.17, 15) is 24.6 Å². The van der Waals surface area contributed by atoms with E-state index in [1.54, 1.807) is 31.2 Å². The summed E-state index contributed by atoms with van der Waals surface area (Å²) < 4.78 is 5.78. The molecule has 2 heterocycles. The molecular formula is C23H15ClN2O6. The molecule has 3 aromatic rings. The molecule has 0 spiro atoms. The SMILES string of the molecule is CC1=NN(c2cccc(C(=O)O)c2)C(=O)C1=Cc1ccc(-c2ccc(Cl)c(C(=O)O)c2)o1. The maximum Gasteiger partial charge on any atom is 0.337 e. The number of aromatic carboxylic acids is 2. The van der Waals surface area contributed by atoms with Crippen LogP contribution in [-0.4, -0.2) is 33.8 Å². The van der Waals surface area contributed by atoms with E-state index in [0.29, 0.717) is 28.5 Å². The van der Waals surface area contributed by atoms with Crippen molar-refractivity contribution >= 4 is 46.9 Å². The summed E-state index contributed by atoms with van der Waals surface area (Å²) in [5.41, 5.74) is 1.57. The van der Waals surface area contributed by atoms with Gasteiger partial charge < -0.3 is 14.6 Å². The Bertz CT molecular complexity index is 1340. The molecule has 8 nitrogen and oxygen atoms in total. The highest BCUT2D eigenvalue weighted by Gasteiger charge is 2.29. The number of rotatable bonds is 5. The lowest BCUT2D eigenvalue weighted by Crippen LogP contribution is -2.21. The van der Waals surface area contributed by atoms with Crippen molar-refractivity contribution in [3.63, 3.8) is 0 Å². The van der Waals surface area contributed by atoms with Gasteiger partial charge in [-0.1, -0.05) is 17.7 Å². The summed E-state index contributed by atoms with van der Waals surface area (Å²) in [6.45, 7) is 1.66. The Morgan fingerprint density at radius 3 is 2.56 bits per heavy atom. The summed E-state index contributed by atoms with van der Waals surface area (Å²) in [6.07, 6.45) is 1.53. The van der Waals surface area contributed by atoms with E-state index in [2.05, 4.69) is 5.10 Å². The topological polar surface area (TPSA) is 120 Å². The number of carboxylic acid groups (broad SMARTS) is 2. The van der Waals surface area contributed by atoms with E-state index < -0.39 is 17.8 Å². The number of nitrogens with zero attached hydrogens (tertiary/aromatic N) is 2. The standard InChI is InChI=1S/C23H15ClN2O6/c1-12-17(21(27)26(25-12)15-4-2-3-14(9-15)22(28)29)11-16-6-8-20(32-16)13-5-7-19(24)18(10-13)23(30)31/h2-11H,1H3,(H,28,29)(H,30,31). The number of furan rings is 1. The molecule has 160 valence electrons. The van der Waals surface area contributed by atoms with E-state index >= 15 is 0 Å². The Kier molecular flexibility index (Phi) is 5.38. The molecular weight excluding hydrogens is 436 g/mol. The first-order chi connectivity index (χ1) is 15.2. The molecule has 0 radical (unpaired) electrons. The van der Waals surface area contributed by atoms with Gasteiger partial charge in [-0.25, -0.2) is 9.59 Å². The van der Waals surface area contributed by atoms with Gasteiger partial charge in [0.2, 0.25) is 0 Å². The number of carboxylic acids is 2. The van der Waals surface area contributed by atoms with Crippen molar-refractivity contribution in [2.24, 2.45) is 5.10 Å². The van der Waals surface area contributed by atoms with Gasteiger partial charge in [-0.3, -0.25) is 4.79 Å². The normalized spacial score (nSPS) is 14.7. The average Bonchev–Trinajstić information content (AvgIpc) is 3.34. The molecule has 1 aromatic heterocycles. The summed E-state index contributed by atoms with van der Waals surface area (Å²) in [7, 11) is 0. The molecule has 9 heteroatoms. The molecule has 0 fully saturated rings. The molecule has 2 N–H and O–H groups in total. The zero-order valence-electron chi connectivity index (χ0n) is 16.6. The molecule has 1 aliphatic rings. The van der Waals surface area contributed by atoms with Gasteiger partial charge in [-0.15, -0.1) is 0 Å². The van der Waals surface area contributed by atoms with Gasteiger partial charge in [0.05, 0.1) is 33.1 Å². The average molecular weight is 451 g/mol. The second-order valence-electron chi connectivity index (χ2n) is 6.92. The molecule has 0 unspecified atom stereocenters. The van der Waals surface area contributed by atoms with Gasteiger partial charge in [0.25, 0.3) is 5.91 Å². The molecule has 0 atom stereocenters. The van der Waals surface area contributed by atoms with Crippen LogP contribution in [0, 0.1) is 0 Å². The largest absolute Gasteiger partial charge is 0.478 e. The second-order valence-corrected chi connectivity index (χ2v) is 7.32. The van der Waals surface area contributed by atoms with E-state index in [4.69, 9.17) is 16.0 Å². The van der Waals surface area contributed by atoms with Crippen molar-refractivity contribution in [2.75, 3.05) is 5.01 Å². The lowest BCUT2D eigenvalue weighted by Gasteiger charge is -2.12. The monoisotopic (exact) mass is 450 g/mol. The van der Waals surface area contributed by atoms with Crippen molar-refractivity contribution in [2.45, 2.75) is 6.92 Å². The van der Waals surface area contributed by atoms with E-state index in [-0.39, 0.29) is 21.7 Å². The molecule has 0 saturated heterocycles. The number of hydrazone groups is 1. The van der Waals surface area contributed by atoms with Crippen LogP contribution in [-0.2, 0) is 4.79 Å². The number of amides is 1. The van der Waals surface area contributed by atoms with Crippen LogP contribution < -0.4 is 5.01 Å². The van der Waals surface area contributed by atoms with E-state index in [1.807, 2.05) is 0 Å². The number of carbonyl (C=O) groups excluding carboxylic acids is 1. The summed E-state index contributed by atoms with van der Waals surface area (Å²) >= 11 is 5.91. The highest BCUT2D eigenvalue weighted by Crippen LogP contribution is 2.30. The van der Waals surface area contributed by atoms with Crippen LogP contribution in [0.25, 0.3) is 17.4 Å². The molecule has 2 aromatic carbocycles. The molecule has 1 aliphatic heterocycles. The van der Waals surface area contributed by atoms with Crippen molar-refractivity contribution in [3.8, 4) is 11.3 Å². The Hall–Kier alpha value is -4.17. The van der Waals surface area contributed by atoms with Crippen LogP contribution in [0.4, 0.5) is 5.69 Å². The first-order valence-electron chi connectivity index (χ1n) is 9.33. The Balaban J connectivity index is 1.63. The third-order valence-corrected chi connectivity index (χ3v) is 5.12. The third kappa shape index (κ3) is 3.91. The minimum Gasteiger partial charge on any atom is -0.478 e. The molecule has 4 rings (SSSR count). The third-order valence-electron chi connectivity index (χ3n) is 4.79. The predicted octanol–water partition coefficient (Wildman–Crippen LogP) is 4.80. The fraction of sp³-hybridized carbons (Fsp3) is 0.0435. The maximum absolute atomic E-state index is 12.9. The van der Waals surface area contributed by atoms with Crippen molar-refractivity contribution in [1.29, 1.82) is 0 Å². The first-order valence-corrected chi connectivity index (χ1v) is 9.70. The number of anilines is 1. The zero-order valence-corrected chi connectivity index (χ0v) is 17.3. The minimum atomic E-state index is -1.15. The molecule has 0 aliphatic carbocycles. The summed E-state index contributed by atoms with van der Waals surface area (Å²) in [5.74, 6) is -1.91. The molecule has 0 bridgehead atoms. The maximum atomic E-state index is 12.9. The minimum absolute atomic E-state index is 0.0416.